The van der Waals surface area contributed by atoms with Crippen LogP contribution in [0.5, 0.6) is 5.75 Å². The van der Waals surface area contributed by atoms with Crippen molar-refractivity contribution in [3.05, 3.63) is 569 Å². The van der Waals surface area contributed by atoms with E-state index in [9.17, 15) is 33.5 Å². The Labute approximate surface area is 819 Å². The second-order valence-electron chi connectivity index (χ2n) is 34.4. The van der Waals surface area contributed by atoms with Crippen LogP contribution in [0.3, 0.4) is 0 Å². The van der Waals surface area contributed by atoms with Gasteiger partial charge in [0.25, 0.3) is 0 Å². The van der Waals surface area contributed by atoms with Crippen LogP contribution in [0.2, 0.25) is 10.0 Å². The van der Waals surface area contributed by atoms with Crippen molar-refractivity contribution in [2.75, 3.05) is 45.7 Å². The van der Waals surface area contributed by atoms with Gasteiger partial charge in [0.2, 0.25) is 0 Å². The smallest absolute Gasteiger partial charge is 0.414 e. The van der Waals surface area contributed by atoms with Gasteiger partial charge in [0, 0.05) is 76.1 Å². The number of methoxy groups -OCH3 is 2. The highest BCUT2D eigenvalue weighted by Crippen LogP contribution is 2.53. The van der Waals surface area contributed by atoms with Crippen LogP contribution in [0.4, 0.5) is 37.6 Å². The number of fused-ring (bicyclic) bond motifs is 10. The quantitative estimate of drug-likeness (QED) is 0.0992. The van der Waals surface area contributed by atoms with Gasteiger partial charge in [-0.05, 0) is 196 Å². The predicted octanol–water partition coefficient (Wildman–Crippen LogP) is 26.9. The van der Waals surface area contributed by atoms with Gasteiger partial charge in [-0.15, -0.1) is 0 Å². The minimum Gasteiger partial charge on any atom is -0.497 e. The van der Waals surface area contributed by atoms with Gasteiger partial charge >= 0.3 is 29.8 Å². The normalized spacial score (nSPS) is 15.8. The predicted molar refractivity (Wildman–Crippen MR) is 551 cm³/mol. The average Bonchev–Trinajstić information content (AvgIpc) is 1.55. The van der Waals surface area contributed by atoms with Crippen molar-refractivity contribution in [3.8, 4) is 5.75 Å². The number of para-hydroxylation sites is 5. The third kappa shape index (κ3) is 19.4. The van der Waals surface area contributed by atoms with E-state index >= 15 is 0 Å². The molecule has 3 amide bonds. The largest absolute Gasteiger partial charge is 0.497 e. The minimum atomic E-state index is -1.45. The maximum absolute atomic E-state index is 13.9. The Morgan fingerprint density at radius 3 is 1.22 bits per heavy atom. The number of esters is 1. The third-order valence-corrected chi connectivity index (χ3v) is 27.1. The monoisotopic (exact) mass is 1870 g/mol. The first kappa shape index (κ1) is 93.2. The van der Waals surface area contributed by atoms with Crippen LogP contribution >= 0.6 is 23.2 Å². The minimum absolute atomic E-state index is 0.0198. The van der Waals surface area contributed by atoms with Gasteiger partial charge in [-0.1, -0.05) is 387 Å². The number of carbonyl (C=O) groups is 5. The van der Waals surface area contributed by atoms with E-state index in [1.807, 2.05) is 218 Å². The molecule has 2 N–H and O–H groups in total. The van der Waals surface area contributed by atoms with Crippen molar-refractivity contribution in [2.24, 2.45) is 0 Å². The number of ether oxygens (including phenoxy) is 3. The van der Waals surface area contributed by atoms with Crippen molar-refractivity contribution in [2.45, 2.75) is 75.3 Å². The van der Waals surface area contributed by atoms with Crippen molar-refractivity contribution in [3.63, 3.8) is 0 Å². The zero-order chi connectivity index (χ0) is 95.9. The summed E-state index contributed by atoms with van der Waals surface area (Å²) < 4.78 is 29.5. The summed E-state index contributed by atoms with van der Waals surface area (Å²) in [5.41, 5.74) is 28.8. The van der Waals surface area contributed by atoms with Gasteiger partial charge in [0.15, 0.2) is 0 Å². The molecule has 5 atom stereocenters. The van der Waals surface area contributed by atoms with E-state index in [0.29, 0.717) is 30.3 Å². The topological polar surface area (TPSA) is 158 Å². The van der Waals surface area contributed by atoms with Crippen LogP contribution in [0.15, 0.2) is 431 Å². The van der Waals surface area contributed by atoms with E-state index in [1.54, 1.807) is 31.1 Å². The molecule has 0 saturated carbocycles. The molecule has 22 rings (SSSR count). The number of benzene rings is 17. The number of halogens is 3. The second kappa shape index (κ2) is 42.8. The highest BCUT2D eigenvalue weighted by atomic mass is 35.5. The van der Waals surface area contributed by atoms with E-state index < -0.39 is 29.2 Å². The number of carbonyl (C=O) groups excluding carboxylic acids is 4. The Hall–Kier alpha value is -16.2. The van der Waals surface area contributed by atoms with Crippen LogP contribution in [0.1, 0.15) is 153 Å². The van der Waals surface area contributed by atoms with Crippen LogP contribution in [-0.2, 0) is 73.3 Å². The molecule has 17 aromatic rings. The highest BCUT2D eigenvalue weighted by molar-refractivity contribution is 6.38. The lowest BCUT2D eigenvalue weighted by atomic mass is 9.64. The standard InChI is InChI=1S/C27H22ClN.C27H22FNO.C24H21NO3.C22H18ClNO2.C22H17NO3/c28-25-16-8-6-14-23(25)27-22-13-5-4-12-21(22)19-29(18-20-10-2-1-3-11-20)26-17-9-7-15-24(26)27;1-30-23-15-16-24-19(17-23)18-29-26-10-6-5-9-25(26)27(24,20-7-3-2-4-8-20)21-11-13-22(28)14-12-21;1-2-28-24(27)23(26)25-16-18-12-6-7-13-19(18)22(17-10-4-3-5-11-17)20-14-8-9-15-21(20)25;1-26-22(25)24-14-15-8-2-3-9-16(15)21(17-10-4-6-12-19(17)23)18-11-5-7-13-20(18)24;24-21(22(25)26)23-14-16-10-4-5-11-17(16)20(15-8-2-1-3-9-15)18-12-6-7-13-19(18)23/h1-17,27H,18-19H2;2-17,29H,18H2,1H3;3-15,22H,2,16H2,1H3;2-13,21H,14H2,1H3;1-13,20H,14H2,(H,25,26). The van der Waals surface area contributed by atoms with Crippen LogP contribution < -0.4 is 29.7 Å². The lowest BCUT2D eigenvalue weighted by Crippen LogP contribution is -2.37. The van der Waals surface area contributed by atoms with Crippen molar-refractivity contribution in [1.82, 2.24) is 0 Å². The lowest BCUT2D eigenvalue weighted by molar-refractivity contribution is -0.153. The molecule has 0 aromatic heterocycles. The van der Waals surface area contributed by atoms with Gasteiger partial charge in [0.1, 0.15) is 11.6 Å². The van der Waals surface area contributed by atoms with Crippen LogP contribution in [0.25, 0.3) is 0 Å². The number of rotatable bonds is 10. The number of nitrogens with zero attached hydrogens (tertiary/aromatic N) is 4. The molecule has 0 spiro atoms. The van der Waals surface area contributed by atoms with E-state index in [2.05, 4.69) is 210 Å². The summed E-state index contributed by atoms with van der Waals surface area (Å²) in [6.07, 6.45) is -0.368. The molecular formula is C122H100Cl2FN5O9. The first-order valence-electron chi connectivity index (χ1n) is 46.4. The molecular weight excluding hydrogens is 1770 g/mol. The number of hydrogen-bond donors (Lipinski definition) is 2. The number of hydrogen-bond acceptors (Lipinski definition) is 10. The first-order chi connectivity index (χ1) is 68.1. The molecule has 5 heterocycles. The Kier molecular flexibility index (Phi) is 28.7. The molecule has 17 aromatic carbocycles. The van der Waals surface area contributed by atoms with E-state index in [-0.39, 0.29) is 48.7 Å². The number of carboxylic acid groups (broad SMARTS) is 1. The van der Waals surface area contributed by atoms with E-state index in [1.165, 1.54) is 50.4 Å². The molecule has 0 bridgehead atoms. The van der Waals surface area contributed by atoms with Gasteiger partial charge in [-0.3, -0.25) is 24.3 Å². The molecule has 0 aliphatic carbocycles. The summed E-state index contributed by atoms with van der Waals surface area (Å²) in [4.78, 5) is 68.5. The fraction of sp³-hybridized carbons (Fsp3) is 0.123. The lowest BCUT2D eigenvalue weighted by Gasteiger charge is -2.37. The van der Waals surface area contributed by atoms with Crippen molar-refractivity contribution >= 4 is 81.5 Å². The van der Waals surface area contributed by atoms with Gasteiger partial charge < -0.3 is 29.5 Å². The maximum Gasteiger partial charge on any atom is 0.414 e. The van der Waals surface area contributed by atoms with Crippen LogP contribution in [-0.4, -0.2) is 55.8 Å². The number of nitrogens with one attached hydrogen (secondary N) is 1. The summed E-state index contributed by atoms with van der Waals surface area (Å²) in [7, 11) is 3.10. The Bertz CT molecular complexity index is 7300. The molecule has 0 radical (unpaired) electrons. The maximum atomic E-state index is 13.9. The summed E-state index contributed by atoms with van der Waals surface area (Å²) in [5, 5.41) is 14.4. The molecule has 688 valence electrons. The van der Waals surface area contributed by atoms with Crippen molar-refractivity contribution < 1.29 is 47.7 Å². The molecule has 139 heavy (non-hydrogen) atoms. The molecule has 5 aliphatic heterocycles. The van der Waals surface area contributed by atoms with E-state index in [0.717, 1.165) is 136 Å². The number of amides is 3. The fourth-order valence-electron chi connectivity index (χ4n) is 20.3. The molecule has 5 unspecified atom stereocenters. The summed E-state index contributed by atoms with van der Waals surface area (Å²) in [6, 6.07) is 144. The SMILES string of the molecule is CCOC(=O)C(=O)N1Cc2ccccc2C(c2ccccc2)c2ccccc21.COC(=O)N1Cc2ccccc2C(c2ccccc2Cl)c2ccccc21.COc1ccc2c(c1)CNc1ccccc1C2(c1ccccc1)c1ccc(F)cc1.Clc1ccccc1C1c2ccccc2CN(Cc2ccccc2)c2ccccc21.O=C(O)C(=O)N1Cc2ccccc2C(c2ccccc2)c2ccccc21. The second-order valence-corrected chi connectivity index (χ2v) is 35.2. The van der Waals surface area contributed by atoms with Crippen LogP contribution in [0, 0.1) is 5.82 Å². The molecule has 0 saturated heterocycles. The first-order valence-corrected chi connectivity index (χ1v) is 47.1. The van der Waals surface area contributed by atoms with Gasteiger partial charge in [0.05, 0.1) is 51.6 Å². The fourth-order valence-corrected chi connectivity index (χ4v) is 20.8. The van der Waals surface area contributed by atoms with Gasteiger partial charge in [-0.25, -0.2) is 18.8 Å². The summed E-state index contributed by atoms with van der Waals surface area (Å²) in [6.45, 7) is 5.33. The zero-order valence-electron chi connectivity index (χ0n) is 76.9. The number of carboxylic acids is 1. The van der Waals surface area contributed by atoms with Crippen molar-refractivity contribution in [1.29, 1.82) is 0 Å². The van der Waals surface area contributed by atoms with Gasteiger partial charge in [-0.2, -0.15) is 0 Å². The number of aliphatic carboxylic acids is 1. The Morgan fingerprint density at radius 1 is 0.367 bits per heavy atom. The summed E-state index contributed by atoms with van der Waals surface area (Å²) >= 11 is 13.3. The highest BCUT2D eigenvalue weighted by Gasteiger charge is 2.44. The zero-order valence-corrected chi connectivity index (χ0v) is 78.4. The molecule has 14 nitrogen and oxygen atoms in total. The molecule has 17 heteroatoms. The third-order valence-electron chi connectivity index (χ3n) is 26.4. The van der Waals surface area contributed by atoms with E-state index in [4.69, 9.17) is 37.4 Å². The molecule has 0 fully saturated rings. The molecule has 5 aliphatic rings. The Morgan fingerprint density at radius 2 is 0.741 bits per heavy atom. The Balaban J connectivity index is 0.000000115. The summed E-state index contributed by atoms with van der Waals surface area (Å²) in [5.74, 6) is -3.26. The number of anilines is 5. The average molecular weight is 1870 g/mol.